The van der Waals surface area contributed by atoms with Gasteiger partial charge in [0.05, 0.1) is 10.4 Å². The van der Waals surface area contributed by atoms with Crippen molar-refractivity contribution in [1.82, 2.24) is 9.97 Å². The molecule has 0 aliphatic carbocycles. The lowest BCUT2D eigenvalue weighted by Crippen LogP contribution is -1.97. The van der Waals surface area contributed by atoms with Gasteiger partial charge in [-0.15, -0.1) is 11.3 Å². The minimum atomic E-state index is -0.502. The molecule has 0 saturated heterocycles. The Morgan fingerprint density at radius 3 is 2.85 bits per heavy atom. The van der Waals surface area contributed by atoms with Crippen molar-refractivity contribution < 1.29 is 9.13 Å². The molecule has 0 radical (unpaired) electrons. The summed E-state index contributed by atoms with van der Waals surface area (Å²) in [6.45, 7) is 1.96. The van der Waals surface area contributed by atoms with Crippen LogP contribution in [0.1, 0.15) is 4.88 Å². The molecule has 0 aliphatic heterocycles. The highest BCUT2D eigenvalue weighted by Gasteiger charge is 2.12. The fraction of sp³-hybridized carbons (Fsp3) is 0.0769. The number of hydrogen-bond acceptors (Lipinski definition) is 5. The molecule has 0 aliphatic rings. The summed E-state index contributed by atoms with van der Waals surface area (Å²) in [5, 5.41) is 0.754. The van der Waals surface area contributed by atoms with Crippen LogP contribution in [-0.2, 0) is 0 Å². The summed E-state index contributed by atoms with van der Waals surface area (Å²) < 4.78 is 18.8. The number of nitrogens with zero attached hydrogens (tertiary/aromatic N) is 2. The van der Waals surface area contributed by atoms with E-state index < -0.39 is 5.82 Å². The standard InChI is InChI=1S/C13H9ClFN3OS/c1-6-4-8-11(17-13(16)18-12(8)20-6)19-7-2-3-10(15)9(14)5-7/h2-5H,1H3,(H2,16,17,18). The molecule has 7 heteroatoms. The number of hydrogen-bond donors (Lipinski definition) is 1. The zero-order valence-corrected chi connectivity index (χ0v) is 11.9. The Hall–Kier alpha value is -1.92. The number of nitrogens with two attached hydrogens (primary N) is 1. The number of ether oxygens (including phenoxy) is 1. The lowest BCUT2D eigenvalue weighted by atomic mass is 10.3. The van der Waals surface area contributed by atoms with Crippen molar-refractivity contribution in [3.05, 3.63) is 40.0 Å². The van der Waals surface area contributed by atoms with Gasteiger partial charge in [-0.2, -0.15) is 4.98 Å². The Kier molecular flexibility index (Phi) is 3.19. The fourth-order valence-corrected chi connectivity index (χ4v) is 2.81. The van der Waals surface area contributed by atoms with E-state index in [1.165, 1.54) is 29.5 Å². The number of aryl methyl sites for hydroxylation is 1. The highest BCUT2D eigenvalue weighted by molar-refractivity contribution is 7.18. The molecule has 20 heavy (non-hydrogen) atoms. The molecule has 3 rings (SSSR count). The Morgan fingerprint density at radius 2 is 2.10 bits per heavy atom. The van der Waals surface area contributed by atoms with Crippen LogP contribution in [0, 0.1) is 12.7 Å². The number of aromatic nitrogens is 2. The highest BCUT2D eigenvalue weighted by Crippen LogP contribution is 2.33. The molecule has 2 aromatic heterocycles. The average Bonchev–Trinajstić information content (AvgIpc) is 2.74. The van der Waals surface area contributed by atoms with E-state index in [1.54, 1.807) is 0 Å². The number of thiophene rings is 1. The van der Waals surface area contributed by atoms with Gasteiger partial charge in [0.25, 0.3) is 0 Å². The van der Waals surface area contributed by atoms with E-state index in [0.29, 0.717) is 11.6 Å². The summed E-state index contributed by atoms with van der Waals surface area (Å²) in [7, 11) is 0. The third-order valence-electron chi connectivity index (χ3n) is 2.60. The van der Waals surface area contributed by atoms with E-state index in [-0.39, 0.29) is 11.0 Å². The molecule has 3 aromatic rings. The van der Waals surface area contributed by atoms with Crippen molar-refractivity contribution in [2.45, 2.75) is 6.92 Å². The van der Waals surface area contributed by atoms with E-state index >= 15 is 0 Å². The van der Waals surface area contributed by atoms with Gasteiger partial charge in [-0.3, -0.25) is 0 Å². The molecular formula is C13H9ClFN3OS. The van der Waals surface area contributed by atoms with E-state index in [4.69, 9.17) is 22.1 Å². The van der Waals surface area contributed by atoms with Crippen LogP contribution in [0.25, 0.3) is 10.2 Å². The second kappa shape index (κ2) is 4.88. The Morgan fingerprint density at radius 1 is 1.30 bits per heavy atom. The van der Waals surface area contributed by atoms with Crippen LogP contribution in [-0.4, -0.2) is 9.97 Å². The Bertz CT molecular complexity index is 806. The topological polar surface area (TPSA) is 61.0 Å². The Balaban J connectivity index is 2.07. The summed E-state index contributed by atoms with van der Waals surface area (Å²) >= 11 is 7.22. The summed E-state index contributed by atoms with van der Waals surface area (Å²) in [6, 6.07) is 6.02. The molecule has 0 saturated carbocycles. The van der Waals surface area contributed by atoms with Gasteiger partial charge in [-0.05, 0) is 25.1 Å². The smallest absolute Gasteiger partial charge is 0.232 e. The molecule has 0 unspecified atom stereocenters. The maximum absolute atomic E-state index is 13.1. The minimum absolute atomic E-state index is 0.0118. The zero-order chi connectivity index (χ0) is 14.3. The van der Waals surface area contributed by atoms with Crippen LogP contribution in [0.4, 0.5) is 10.3 Å². The maximum atomic E-state index is 13.1. The Labute approximate surface area is 123 Å². The van der Waals surface area contributed by atoms with Crippen LogP contribution in [0.3, 0.4) is 0 Å². The van der Waals surface area contributed by atoms with Crippen molar-refractivity contribution in [1.29, 1.82) is 0 Å². The van der Waals surface area contributed by atoms with E-state index in [0.717, 1.165) is 15.1 Å². The molecule has 2 N–H and O–H groups in total. The van der Waals surface area contributed by atoms with Crippen molar-refractivity contribution in [3.63, 3.8) is 0 Å². The van der Waals surface area contributed by atoms with Gasteiger partial charge in [-0.25, -0.2) is 9.37 Å². The number of fused-ring (bicyclic) bond motifs is 1. The third-order valence-corrected chi connectivity index (χ3v) is 3.84. The monoisotopic (exact) mass is 309 g/mol. The van der Waals surface area contributed by atoms with E-state index in [9.17, 15) is 4.39 Å². The average molecular weight is 310 g/mol. The molecule has 0 fully saturated rings. The normalized spacial score (nSPS) is 10.9. The van der Waals surface area contributed by atoms with Crippen molar-refractivity contribution in [2.75, 3.05) is 5.73 Å². The second-order valence-electron chi connectivity index (χ2n) is 4.14. The maximum Gasteiger partial charge on any atom is 0.232 e. The van der Waals surface area contributed by atoms with Crippen LogP contribution >= 0.6 is 22.9 Å². The third kappa shape index (κ3) is 2.39. The minimum Gasteiger partial charge on any atom is -0.438 e. The first-order chi connectivity index (χ1) is 9.52. The van der Waals surface area contributed by atoms with Crippen LogP contribution in [0.15, 0.2) is 24.3 Å². The molecule has 2 heterocycles. The van der Waals surface area contributed by atoms with Gasteiger partial charge >= 0.3 is 0 Å². The number of rotatable bonds is 2. The van der Waals surface area contributed by atoms with Crippen LogP contribution in [0.5, 0.6) is 11.6 Å². The zero-order valence-electron chi connectivity index (χ0n) is 10.4. The number of nitrogen functional groups attached to an aromatic ring is 1. The van der Waals surface area contributed by atoms with Crippen LogP contribution in [0.2, 0.25) is 5.02 Å². The number of benzene rings is 1. The lowest BCUT2D eigenvalue weighted by molar-refractivity contribution is 0.467. The largest absolute Gasteiger partial charge is 0.438 e. The van der Waals surface area contributed by atoms with Crippen LogP contribution < -0.4 is 10.5 Å². The van der Waals surface area contributed by atoms with E-state index in [2.05, 4.69) is 9.97 Å². The van der Waals surface area contributed by atoms with Gasteiger partial charge in [0.1, 0.15) is 16.4 Å². The van der Waals surface area contributed by atoms with Gasteiger partial charge in [0.15, 0.2) is 0 Å². The molecular weight excluding hydrogens is 301 g/mol. The van der Waals surface area contributed by atoms with Crippen molar-refractivity contribution in [3.8, 4) is 11.6 Å². The molecule has 1 aromatic carbocycles. The molecule has 102 valence electrons. The fourth-order valence-electron chi connectivity index (χ4n) is 1.76. The quantitative estimate of drug-likeness (QED) is 0.772. The van der Waals surface area contributed by atoms with Crippen molar-refractivity contribution >= 4 is 39.1 Å². The SMILES string of the molecule is Cc1cc2c(Oc3ccc(F)c(Cl)c3)nc(N)nc2s1. The molecule has 0 spiro atoms. The summed E-state index contributed by atoms with van der Waals surface area (Å²) in [5.74, 6) is 0.347. The summed E-state index contributed by atoms with van der Waals surface area (Å²) in [4.78, 5) is 10.0. The molecule has 0 bridgehead atoms. The predicted octanol–water partition coefficient (Wildman–Crippen LogP) is 4.17. The molecule has 4 nitrogen and oxygen atoms in total. The first-order valence-corrected chi connectivity index (χ1v) is 6.89. The second-order valence-corrected chi connectivity index (χ2v) is 5.78. The predicted molar refractivity (Wildman–Crippen MR) is 78.0 cm³/mol. The number of halogens is 2. The summed E-state index contributed by atoms with van der Waals surface area (Å²) in [5.41, 5.74) is 5.66. The van der Waals surface area contributed by atoms with Gasteiger partial charge in [-0.1, -0.05) is 11.6 Å². The van der Waals surface area contributed by atoms with E-state index in [1.807, 2.05) is 13.0 Å². The first kappa shape index (κ1) is 13.1. The molecule has 0 atom stereocenters. The summed E-state index contributed by atoms with van der Waals surface area (Å²) in [6.07, 6.45) is 0. The van der Waals surface area contributed by atoms with Gasteiger partial charge < -0.3 is 10.5 Å². The highest BCUT2D eigenvalue weighted by atomic mass is 35.5. The van der Waals surface area contributed by atoms with Crippen molar-refractivity contribution in [2.24, 2.45) is 0 Å². The van der Waals surface area contributed by atoms with Gasteiger partial charge in [0.2, 0.25) is 11.8 Å². The lowest BCUT2D eigenvalue weighted by Gasteiger charge is -2.07. The molecule has 0 amide bonds. The van der Waals surface area contributed by atoms with Gasteiger partial charge in [0, 0.05) is 10.9 Å². The first-order valence-electron chi connectivity index (χ1n) is 5.69. The number of anilines is 1.